The van der Waals surface area contributed by atoms with Crippen molar-refractivity contribution in [2.45, 2.75) is 70.8 Å². The van der Waals surface area contributed by atoms with Crippen LogP contribution in [-0.4, -0.2) is 29.7 Å². The van der Waals surface area contributed by atoms with Crippen LogP contribution in [0.15, 0.2) is 0 Å². The van der Waals surface area contributed by atoms with E-state index in [9.17, 15) is 9.59 Å². The van der Waals surface area contributed by atoms with Crippen molar-refractivity contribution in [1.82, 2.24) is 0 Å². The smallest absolute Gasteiger partial charge is 0.320 e. The molecule has 19 heavy (non-hydrogen) atoms. The third-order valence-corrected chi connectivity index (χ3v) is 2.99. The Morgan fingerprint density at radius 2 is 1.68 bits per heavy atom. The SMILES string of the molecule is CCCCCCCCCOC(=O)CCC(N)C(=O)O. The lowest BCUT2D eigenvalue weighted by Crippen LogP contribution is -2.30. The fourth-order valence-corrected chi connectivity index (χ4v) is 1.71. The number of unbranched alkanes of at least 4 members (excludes halogenated alkanes) is 6. The molecule has 0 amide bonds. The van der Waals surface area contributed by atoms with Crippen molar-refractivity contribution in [1.29, 1.82) is 0 Å². The second-order valence-electron chi connectivity index (χ2n) is 4.83. The van der Waals surface area contributed by atoms with Crippen LogP contribution >= 0.6 is 0 Å². The minimum Gasteiger partial charge on any atom is -0.480 e. The molecule has 0 bridgehead atoms. The summed E-state index contributed by atoms with van der Waals surface area (Å²) in [7, 11) is 0. The Kier molecular flexibility index (Phi) is 11.3. The van der Waals surface area contributed by atoms with Crippen molar-refractivity contribution in [3.05, 3.63) is 0 Å². The van der Waals surface area contributed by atoms with Gasteiger partial charge in [-0.3, -0.25) is 9.59 Å². The van der Waals surface area contributed by atoms with Gasteiger partial charge in [0.1, 0.15) is 6.04 Å². The van der Waals surface area contributed by atoms with Crippen molar-refractivity contribution >= 4 is 11.9 Å². The van der Waals surface area contributed by atoms with Crippen LogP contribution in [-0.2, 0) is 14.3 Å². The average Bonchev–Trinajstić information content (AvgIpc) is 2.38. The summed E-state index contributed by atoms with van der Waals surface area (Å²) in [5.41, 5.74) is 5.29. The summed E-state index contributed by atoms with van der Waals surface area (Å²) in [5.74, 6) is -1.44. The van der Waals surface area contributed by atoms with Gasteiger partial charge in [-0.05, 0) is 12.8 Å². The first-order chi connectivity index (χ1) is 9.07. The molecule has 5 nitrogen and oxygen atoms in total. The fourth-order valence-electron chi connectivity index (χ4n) is 1.71. The van der Waals surface area contributed by atoms with Crippen molar-refractivity contribution in [3.8, 4) is 0 Å². The van der Waals surface area contributed by atoms with Crippen LogP contribution in [0, 0.1) is 0 Å². The van der Waals surface area contributed by atoms with E-state index >= 15 is 0 Å². The Labute approximate surface area is 115 Å². The number of esters is 1. The van der Waals surface area contributed by atoms with E-state index in [-0.39, 0.29) is 18.8 Å². The van der Waals surface area contributed by atoms with E-state index in [0.29, 0.717) is 6.61 Å². The van der Waals surface area contributed by atoms with Gasteiger partial charge >= 0.3 is 11.9 Å². The molecule has 5 heteroatoms. The third-order valence-electron chi connectivity index (χ3n) is 2.99. The molecular formula is C14H27NO4. The molecule has 0 rings (SSSR count). The molecule has 0 radical (unpaired) electrons. The van der Waals surface area contributed by atoms with Gasteiger partial charge < -0.3 is 15.6 Å². The minimum absolute atomic E-state index is 0.0734. The second kappa shape index (κ2) is 12.0. The fraction of sp³-hybridized carbons (Fsp3) is 0.857. The van der Waals surface area contributed by atoms with Crippen molar-refractivity contribution in [3.63, 3.8) is 0 Å². The number of ether oxygens (including phenoxy) is 1. The maximum absolute atomic E-state index is 11.3. The summed E-state index contributed by atoms with van der Waals surface area (Å²) in [4.78, 5) is 21.7. The van der Waals surface area contributed by atoms with Gasteiger partial charge in [0, 0.05) is 6.42 Å². The van der Waals surface area contributed by atoms with Crippen LogP contribution in [0.25, 0.3) is 0 Å². The van der Waals surface area contributed by atoms with E-state index in [1.807, 2.05) is 0 Å². The summed E-state index contributed by atoms with van der Waals surface area (Å²) in [6.07, 6.45) is 8.40. The highest BCUT2D eigenvalue weighted by atomic mass is 16.5. The Balaban J connectivity index is 3.32. The van der Waals surface area contributed by atoms with Crippen LogP contribution in [0.3, 0.4) is 0 Å². The zero-order valence-corrected chi connectivity index (χ0v) is 11.9. The Morgan fingerprint density at radius 3 is 2.26 bits per heavy atom. The molecule has 0 saturated carbocycles. The molecule has 0 aromatic carbocycles. The average molecular weight is 273 g/mol. The molecule has 0 spiro atoms. The Hall–Kier alpha value is -1.10. The Bertz CT molecular complexity index is 256. The summed E-state index contributed by atoms with van der Waals surface area (Å²) in [6.45, 7) is 2.62. The molecule has 3 N–H and O–H groups in total. The van der Waals surface area contributed by atoms with Crippen molar-refractivity contribution < 1.29 is 19.4 Å². The minimum atomic E-state index is -1.08. The topological polar surface area (TPSA) is 89.6 Å². The van der Waals surface area contributed by atoms with E-state index in [4.69, 9.17) is 15.6 Å². The predicted molar refractivity (Wildman–Crippen MR) is 73.8 cm³/mol. The lowest BCUT2D eigenvalue weighted by atomic mass is 10.1. The van der Waals surface area contributed by atoms with Gasteiger partial charge in [0.15, 0.2) is 0 Å². The summed E-state index contributed by atoms with van der Waals surface area (Å²) in [5, 5.41) is 8.55. The molecule has 0 heterocycles. The molecule has 0 saturated heterocycles. The highest BCUT2D eigenvalue weighted by Crippen LogP contribution is 2.07. The first-order valence-electron chi connectivity index (χ1n) is 7.22. The zero-order chi connectivity index (χ0) is 14.5. The van der Waals surface area contributed by atoms with Crippen LogP contribution < -0.4 is 5.73 Å². The van der Waals surface area contributed by atoms with E-state index < -0.39 is 12.0 Å². The van der Waals surface area contributed by atoms with Gasteiger partial charge in [0.2, 0.25) is 0 Å². The summed E-state index contributed by atoms with van der Waals surface area (Å²) >= 11 is 0. The number of hydrogen-bond donors (Lipinski definition) is 2. The van der Waals surface area contributed by atoms with Gasteiger partial charge in [0.05, 0.1) is 6.61 Å². The number of hydrogen-bond acceptors (Lipinski definition) is 4. The molecule has 0 fully saturated rings. The van der Waals surface area contributed by atoms with Crippen LogP contribution in [0.5, 0.6) is 0 Å². The van der Waals surface area contributed by atoms with Gasteiger partial charge in [-0.2, -0.15) is 0 Å². The molecule has 0 aliphatic carbocycles. The number of carboxylic acids is 1. The van der Waals surface area contributed by atoms with Gasteiger partial charge in [-0.25, -0.2) is 0 Å². The number of carboxylic acid groups (broad SMARTS) is 1. The van der Waals surface area contributed by atoms with E-state index in [1.165, 1.54) is 32.1 Å². The highest BCUT2D eigenvalue weighted by Gasteiger charge is 2.13. The number of carbonyl (C=O) groups is 2. The van der Waals surface area contributed by atoms with Crippen LogP contribution in [0.1, 0.15) is 64.7 Å². The molecule has 0 aliphatic rings. The quantitative estimate of drug-likeness (QED) is 0.421. The third kappa shape index (κ3) is 11.7. The molecule has 1 unspecified atom stereocenters. The first kappa shape index (κ1) is 17.9. The van der Waals surface area contributed by atoms with Gasteiger partial charge in [-0.1, -0.05) is 45.4 Å². The molecular weight excluding hydrogens is 246 g/mol. The van der Waals surface area contributed by atoms with Gasteiger partial charge in [0.25, 0.3) is 0 Å². The largest absolute Gasteiger partial charge is 0.480 e. The summed E-state index contributed by atoms with van der Waals surface area (Å²) < 4.78 is 5.01. The Morgan fingerprint density at radius 1 is 1.11 bits per heavy atom. The second-order valence-corrected chi connectivity index (χ2v) is 4.83. The summed E-state index contributed by atoms with van der Waals surface area (Å²) in [6, 6.07) is -0.980. The maximum atomic E-state index is 11.3. The standard InChI is InChI=1S/C14H27NO4/c1-2-3-4-5-6-7-8-11-19-13(16)10-9-12(15)14(17)18/h12H,2-11,15H2,1H3,(H,17,18). The predicted octanol–water partition coefficient (Wildman–Crippen LogP) is 2.47. The normalized spacial score (nSPS) is 12.1. The number of aliphatic carboxylic acids is 1. The monoisotopic (exact) mass is 273 g/mol. The lowest BCUT2D eigenvalue weighted by molar-refractivity contribution is -0.144. The molecule has 1 atom stereocenters. The highest BCUT2D eigenvalue weighted by molar-refractivity contribution is 5.75. The number of carbonyl (C=O) groups excluding carboxylic acids is 1. The van der Waals surface area contributed by atoms with Gasteiger partial charge in [-0.15, -0.1) is 0 Å². The van der Waals surface area contributed by atoms with Crippen LogP contribution in [0.4, 0.5) is 0 Å². The molecule has 0 aromatic heterocycles. The van der Waals surface area contributed by atoms with Crippen molar-refractivity contribution in [2.75, 3.05) is 6.61 Å². The zero-order valence-electron chi connectivity index (χ0n) is 11.9. The van der Waals surface area contributed by atoms with Crippen molar-refractivity contribution in [2.24, 2.45) is 5.73 Å². The molecule has 0 aliphatic heterocycles. The first-order valence-corrected chi connectivity index (χ1v) is 7.22. The van der Waals surface area contributed by atoms with Crippen LogP contribution in [0.2, 0.25) is 0 Å². The van der Waals surface area contributed by atoms with E-state index in [0.717, 1.165) is 12.8 Å². The maximum Gasteiger partial charge on any atom is 0.320 e. The lowest BCUT2D eigenvalue weighted by Gasteiger charge is -2.07. The van der Waals surface area contributed by atoms with E-state index in [1.54, 1.807) is 0 Å². The van der Waals surface area contributed by atoms with E-state index in [2.05, 4.69) is 6.92 Å². The number of nitrogens with two attached hydrogens (primary N) is 1. The molecule has 0 aromatic rings. The molecule has 112 valence electrons. The number of rotatable bonds is 12.